The molecule has 1 aromatic rings. The van der Waals surface area contributed by atoms with Crippen molar-refractivity contribution in [3.05, 3.63) is 15.8 Å². The van der Waals surface area contributed by atoms with Gasteiger partial charge in [-0.1, -0.05) is 0 Å². The van der Waals surface area contributed by atoms with E-state index in [9.17, 15) is 13.2 Å². The van der Waals surface area contributed by atoms with E-state index in [1.54, 1.807) is 6.92 Å². The van der Waals surface area contributed by atoms with E-state index in [-0.39, 0.29) is 22.4 Å². The first-order valence-corrected chi connectivity index (χ1v) is 9.04. The zero-order valence-electron chi connectivity index (χ0n) is 12.4. The second kappa shape index (κ2) is 7.88. The molecule has 0 atom stereocenters. The monoisotopic (exact) mass is 335 g/mol. The molecule has 1 rings (SSSR count). The summed E-state index contributed by atoms with van der Waals surface area (Å²) in [5.41, 5.74) is 0.452. The van der Waals surface area contributed by atoms with Crippen LogP contribution in [0.3, 0.4) is 0 Å². The summed E-state index contributed by atoms with van der Waals surface area (Å²) in [4.78, 5) is 10.8. The van der Waals surface area contributed by atoms with Crippen molar-refractivity contribution in [3.8, 4) is 0 Å². The summed E-state index contributed by atoms with van der Waals surface area (Å²) in [5.74, 6) is -1.22. The van der Waals surface area contributed by atoms with Gasteiger partial charge in [-0.25, -0.2) is 17.9 Å². The molecule has 8 heteroatoms. The van der Waals surface area contributed by atoms with Crippen LogP contribution in [0.15, 0.2) is 10.3 Å². The van der Waals surface area contributed by atoms with Gasteiger partial charge in [0.15, 0.2) is 0 Å². The molecule has 1 heterocycles. The fourth-order valence-electron chi connectivity index (χ4n) is 1.74. The van der Waals surface area contributed by atoms with Crippen LogP contribution in [0.4, 0.5) is 0 Å². The highest BCUT2D eigenvalue weighted by Crippen LogP contribution is 2.26. The third-order valence-corrected chi connectivity index (χ3v) is 5.56. The van der Waals surface area contributed by atoms with Crippen molar-refractivity contribution in [2.75, 3.05) is 13.2 Å². The predicted molar refractivity (Wildman–Crippen MR) is 81.5 cm³/mol. The average Bonchev–Trinajstić information content (AvgIpc) is 2.76. The van der Waals surface area contributed by atoms with E-state index in [0.717, 1.165) is 17.8 Å². The number of sulfonamides is 1. The lowest BCUT2D eigenvalue weighted by Gasteiger charge is -2.09. The molecule has 120 valence electrons. The Morgan fingerprint density at radius 3 is 2.67 bits per heavy atom. The van der Waals surface area contributed by atoms with Crippen molar-refractivity contribution < 1.29 is 23.1 Å². The van der Waals surface area contributed by atoms with E-state index < -0.39 is 16.0 Å². The van der Waals surface area contributed by atoms with Crippen LogP contribution in [0.5, 0.6) is 0 Å². The number of ether oxygens (including phenoxy) is 1. The van der Waals surface area contributed by atoms with Crippen LogP contribution < -0.4 is 4.72 Å². The number of rotatable bonds is 9. The quantitative estimate of drug-likeness (QED) is 0.675. The minimum Gasteiger partial charge on any atom is -0.477 e. The molecule has 0 unspecified atom stereocenters. The molecule has 2 N–H and O–H groups in total. The number of carbonyl (C=O) groups is 1. The Kier molecular flexibility index (Phi) is 6.79. The summed E-state index contributed by atoms with van der Waals surface area (Å²) in [6, 6.07) is 0. The van der Waals surface area contributed by atoms with E-state index in [1.165, 1.54) is 5.38 Å². The summed E-state index contributed by atoms with van der Waals surface area (Å²) >= 11 is 0.923. The van der Waals surface area contributed by atoms with Crippen LogP contribution in [0.2, 0.25) is 0 Å². The average molecular weight is 335 g/mol. The molecule has 0 fully saturated rings. The number of nitrogens with one attached hydrogen (secondary N) is 1. The highest BCUT2D eigenvalue weighted by atomic mass is 32.2. The zero-order valence-corrected chi connectivity index (χ0v) is 14.0. The van der Waals surface area contributed by atoms with Crippen molar-refractivity contribution >= 4 is 27.3 Å². The number of carboxylic acids is 1. The maximum atomic E-state index is 12.2. The van der Waals surface area contributed by atoms with Crippen LogP contribution in [-0.2, 0) is 14.8 Å². The second-order valence-electron chi connectivity index (χ2n) is 4.91. The van der Waals surface area contributed by atoms with Crippen molar-refractivity contribution in [1.82, 2.24) is 4.72 Å². The minimum absolute atomic E-state index is 0.126. The summed E-state index contributed by atoms with van der Waals surface area (Å²) in [6.45, 7) is 6.31. The molecule has 0 saturated heterocycles. The molecule has 0 aliphatic rings. The van der Waals surface area contributed by atoms with Gasteiger partial charge in [-0.05, 0) is 44.6 Å². The van der Waals surface area contributed by atoms with E-state index in [4.69, 9.17) is 9.84 Å². The van der Waals surface area contributed by atoms with Crippen LogP contribution in [0.1, 0.15) is 41.9 Å². The predicted octanol–water partition coefficient (Wildman–Crippen LogP) is 2.24. The largest absolute Gasteiger partial charge is 0.477 e. The molecule has 0 aliphatic carbocycles. The van der Waals surface area contributed by atoms with Gasteiger partial charge in [-0.3, -0.25) is 0 Å². The maximum Gasteiger partial charge on any atom is 0.347 e. The van der Waals surface area contributed by atoms with Crippen LogP contribution >= 0.6 is 11.3 Å². The lowest BCUT2D eigenvalue weighted by molar-refractivity contribution is 0.0698. The molecule has 0 amide bonds. The third-order valence-electron chi connectivity index (χ3n) is 2.70. The Bertz CT molecular complexity index is 577. The van der Waals surface area contributed by atoms with E-state index in [1.807, 2.05) is 13.8 Å². The molecule has 1 aromatic heterocycles. The Hall–Kier alpha value is -0.960. The highest BCUT2D eigenvalue weighted by Gasteiger charge is 2.26. The summed E-state index contributed by atoms with van der Waals surface area (Å²) in [5, 5.41) is 10.6. The fourth-order valence-corrected chi connectivity index (χ4v) is 4.44. The fraction of sp³-hybridized carbons (Fsp3) is 0.615. The van der Waals surface area contributed by atoms with Crippen LogP contribution in [0, 0.1) is 6.92 Å². The minimum atomic E-state index is -3.79. The molecule has 0 saturated carbocycles. The lowest BCUT2D eigenvalue weighted by atomic mass is 10.3. The van der Waals surface area contributed by atoms with Crippen molar-refractivity contribution in [2.45, 2.75) is 44.6 Å². The van der Waals surface area contributed by atoms with Crippen molar-refractivity contribution in [3.63, 3.8) is 0 Å². The first kappa shape index (κ1) is 18.1. The third kappa shape index (κ3) is 5.39. The Morgan fingerprint density at radius 1 is 1.43 bits per heavy atom. The summed E-state index contributed by atoms with van der Waals surface area (Å²) in [7, 11) is -3.79. The topological polar surface area (TPSA) is 92.7 Å². The van der Waals surface area contributed by atoms with Gasteiger partial charge in [0.05, 0.1) is 6.10 Å². The van der Waals surface area contributed by atoms with Gasteiger partial charge in [0.2, 0.25) is 10.0 Å². The van der Waals surface area contributed by atoms with E-state index in [2.05, 4.69) is 4.72 Å². The number of aromatic carboxylic acids is 1. The summed E-state index contributed by atoms with van der Waals surface area (Å²) in [6.07, 6.45) is 1.54. The molecule has 21 heavy (non-hydrogen) atoms. The van der Waals surface area contributed by atoms with Gasteiger partial charge >= 0.3 is 5.97 Å². The first-order valence-electron chi connectivity index (χ1n) is 6.68. The first-order chi connectivity index (χ1) is 9.75. The van der Waals surface area contributed by atoms with Gasteiger partial charge in [-0.15, -0.1) is 11.3 Å². The van der Waals surface area contributed by atoms with Crippen LogP contribution in [0.25, 0.3) is 0 Å². The molecule has 0 spiro atoms. The zero-order chi connectivity index (χ0) is 16.0. The second-order valence-corrected chi connectivity index (χ2v) is 7.49. The Labute approximate surface area is 129 Å². The van der Waals surface area contributed by atoms with Crippen LogP contribution in [-0.4, -0.2) is 38.7 Å². The molecule has 0 aliphatic heterocycles. The van der Waals surface area contributed by atoms with Gasteiger partial charge in [-0.2, -0.15) is 0 Å². The molecular weight excluding hydrogens is 314 g/mol. The van der Waals surface area contributed by atoms with Gasteiger partial charge < -0.3 is 9.84 Å². The standard InChI is InChI=1S/C13H21NO5S2/c1-9(2)19-7-5-4-6-14-21(17,18)12-10(3)8-20-11(12)13(15)16/h8-9,14H,4-7H2,1-3H3,(H,15,16). The number of aryl methyl sites for hydroxylation is 1. The highest BCUT2D eigenvalue weighted by molar-refractivity contribution is 7.89. The molecular formula is C13H21NO5S2. The van der Waals surface area contributed by atoms with Crippen molar-refractivity contribution in [2.24, 2.45) is 0 Å². The number of unbranched alkanes of at least 4 members (excludes halogenated alkanes) is 1. The number of hydrogen-bond acceptors (Lipinski definition) is 5. The SMILES string of the molecule is Cc1csc(C(=O)O)c1S(=O)(=O)NCCCCOC(C)C. The molecule has 6 nitrogen and oxygen atoms in total. The Balaban J connectivity index is 2.59. The number of thiophene rings is 1. The van der Waals surface area contributed by atoms with Crippen molar-refractivity contribution in [1.29, 1.82) is 0 Å². The van der Waals surface area contributed by atoms with Gasteiger partial charge in [0.25, 0.3) is 0 Å². The molecule has 0 aromatic carbocycles. The normalized spacial score (nSPS) is 12.0. The van der Waals surface area contributed by atoms with E-state index >= 15 is 0 Å². The van der Waals surface area contributed by atoms with Gasteiger partial charge in [0, 0.05) is 13.2 Å². The van der Waals surface area contributed by atoms with Gasteiger partial charge in [0.1, 0.15) is 9.77 Å². The smallest absolute Gasteiger partial charge is 0.347 e. The lowest BCUT2D eigenvalue weighted by Crippen LogP contribution is -2.26. The maximum absolute atomic E-state index is 12.2. The van der Waals surface area contributed by atoms with E-state index in [0.29, 0.717) is 18.6 Å². The number of hydrogen-bond donors (Lipinski definition) is 2. The molecule has 0 radical (unpaired) electrons. The summed E-state index contributed by atoms with van der Waals surface area (Å²) < 4.78 is 32.2. The number of carboxylic acid groups (broad SMARTS) is 1. The molecule has 0 bridgehead atoms. The Morgan fingerprint density at radius 2 is 2.10 bits per heavy atom.